The Kier molecular flexibility index (Phi) is 5.43. The first-order chi connectivity index (χ1) is 8.06. The van der Waals surface area contributed by atoms with Gasteiger partial charge in [-0.1, -0.05) is 13.8 Å². The zero-order chi connectivity index (χ0) is 12.8. The maximum Gasteiger partial charge on any atom is 0.161 e. The lowest BCUT2D eigenvalue weighted by Crippen LogP contribution is -2.05. The monoisotopic (exact) mass is 298 g/mol. The number of hydrogen-bond acceptors (Lipinski definition) is 2. The van der Waals surface area contributed by atoms with Crippen LogP contribution in [0.15, 0.2) is 16.6 Å². The third-order valence-corrected chi connectivity index (χ3v) is 3.25. The van der Waals surface area contributed by atoms with Crippen LogP contribution in [0, 0.1) is 23.1 Å². The highest BCUT2D eigenvalue weighted by atomic mass is 79.9. The summed E-state index contributed by atoms with van der Waals surface area (Å²) in [7, 11) is 0. The number of nitrogens with zero attached hydrogens (tertiary/aromatic N) is 1. The van der Waals surface area contributed by atoms with Gasteiger partial charge in [0.25, 0.3) is 0 Å². The lowest BCUT2D eigenvalue weighted by Gasteiger charge is -2.10. The SMILES string of the molecule is CC(C)CCCNc1ccc(C#N)c(Br)c1F. The maximum atomic E-state index is 13.8. The summed E-state index contributed by atoms with van der Waals surface area (Å²) in [5.74, 6) is 0.267. The van der Waals surface area contributed by atoms with Crippen molar-refractivity contribution in [2.45, 2.75) is 26.7 Å². The Hall–Kier alpha value is -1.08. The van der Waals surface area contributed by atoms with Gasteiger partial charge < -0.3 is 5.32 Å². The zero-order valence-electron chi connectivity index (χ0n) is 10.1. The van der Waals surface area contributed by atoms with E-state index in [0.717, 1.165) is 19.4 Å². The van der Waals surface area contributed by atoms with Gasteiger partial charge in [0.05, 0.1) is 15.7 Å². The van der Waals surface area contributed by atoms with Crippen LogP contribution in [0.1, 0.15) is 32.3 Å². The van der Waals surface area contributed by atoms with Crippen molar-refractivity contribution in [3.8, 4) is 6.07 Å². The van der Waals surface area contributed by atoms with Crippen LogP contribution in [0.3, 0.4) is 0 Å². The minimum absolute atomic E-state index is 0.230. The molecule has 0 unspecified atom stereocenters. The quantitative estimate of drug-likeness (QED) is 0.822. The van der Waals surface area contributed by atoms with E-state index < -0.39 is 5.82 Å². The van der Waals surface area contributed by atoms with Crippen molar-refractivity contribution in [2.75, 3.05) is 11.9 Å². The number of nitrogens with one attached hydrogen (secondary N) is 1. The molecule has 0 atom stereocenters. The van der Waals surface area contributed by atoms with Gasteiger partial charge in [-0.25, -0.2) is 4.39 Å². The largest absolute Gasteiger partial charge is 0.383 e. The molecule has 0 fully saturated rings. The number of benzene rings is 1. The van der Waals surface area contributed by atoms with Crippen LogP contribution in [0.25, 0.3) is 0 Å². The summed E-state index contributed by atoms with van der Waals surface area (Å²) >= 11 is 3.09. The second-order valence-electron chi connectivity index (χ2n) is 4.36. The second kappa shape index (κ2) is 6.61. The number of anilines is 1. The molecule has 4 heteroatoms. The van der Waals surface area contributed by atoms with E-state index >= 15 is 0 Å². The van der Waals surface area contributed by atoms with Gasteiger partial charge in [-0.05, 0) is 46.8 Å². The molecule has 0 saturated carbocycles. The fourth-order valence-electron chi connectivity index (χ4n) is 1.51. The molecule has 0 spiro atoms. The number of rotatable bonds is 5. The van der Waals surface area contributed by atoms with Gasteiger partial charge in [-0.2, -0.15) is 5.26 Å². The Morgan fingerprint density at radius 1 is 1.47 bits per heavy atom. The molecule has 0 aliphatic carbocycles. The van der Waals surface area contributed by atoms with Crippen molar-refractivity contribution in [3.05, 3.63) is 28.0 Å². The highest BCUT2D eigenvalue weighted by Crippen LogP contribution is 2.26. The van der Waals surface area contributed by atoms with Gasteiger partial charge in [-0.3, -0.25) is 0 Å². The van der Waals surface area contributed by atoms with E-state index in [2.05, 4.69) is 35.1 Å². The van der Waals surface area contributed by atoms with Crippen molar-refractivity contribution >= 4 is 21.6 Å². The molecule has 17 heavy (non-hydrogen) atoms. The number of halogens is 2. The number of nitriles is 1. The molecule has 0 bridgehead atoms. The van der Waals surface area contributed by atoms with Crippen molar-refractivity contribution in [2.24, 2.45) is 5.92 Å². The lowest BCUT2D eigenvalue weighted by atomic mass is 10.1. The molecule has 2 nitrogen and oxygen atoms in total. The van der Waals surface area contributed by atoms with E-state index in [1.165, 1.54) is 0 Å². The van der Waals surface area contributed by atoms with Crippen LogP contribution < -0.4 is 5.32 Å². The van der Waals surface area contributed by atoms with E-state index in [-0.39, 0.29) is 4.47 Å². The first kappa shape index (κ1) is 14.0. The van der Waals surface area contributed by atoms with Gasteiger partial charge in [0, 0.05) is 6.54 Å². The lowest BCUT2D eigenvalue weighted by molar-refractivity contribution is 0.565. The van der Waals surface area contributed by atoms with Crippen molar-refractivity contribution in [1.29, 1.82) is 5.26 Å². The van der Waals surface area contributed by atoms with Crippen LogP contribution in [0.5, 0.6) is 0 Å². The predicted octanol–water partition coefficient (Wildman–Crippen LogP) is 4.31. The molecular formula is C13H16BrFN2. The average molecular weight is 299 g/mol. The summed E-state index contributed by atoms with van der Waals surface area (Å²) < 4.78 is 14.0. The van der Waals surface area contributed by atoms with Crippen molar-refractivity contribution in [1.82, 2.24) is 0 Å². The van der Waals surface area contributed by atoms with Crippen LogP contribution in [0.4, 0.5) is 10.1 Å². The highest BCUT2D eigenvalue weighted by Gasteiger charge is 2.10. The van der Waals surface area contributed by atoms with E-state index in [4.69, 9.17) is 5.26 Å². The normalized spacial score (nSPS) is 10.4. The summed E-state index contributed by atoms with van der Waals surface area (Å²) in [5.41, 5.74) is 0.759. The highest BCUT2D eigenvalue weighted by molar-refractivity contribution is 9.10. The molecule has 0 aliphatic rings. The molecular weight excluding hydrogens is 283 g/mol. The smallest absolute Gasteiger partial charge is 0.161 e. The maximum absolute atomic E-state index is 13.8. The molecule has 1 rings (SSSR count). The van der Waals surface area contributed by atoms with Gasteiger partial charge in [0.2, 0.25) is 0 Å². The topological polar surface area (TPSA) is 35.8 Å². The van der Waals surface area contributed by atoms with Gasteiger partial charge in [0.1, 0.15) is 6.07 Å². The van der Waals surface area contributed by atoms with Crippen LogP contribution in [0.2, 0.25) is 0 Å². The molecule has 0 amide bonds. The predicted molar refractivity (Wildman–Crippen MR) is 71.4 cm³/mol. The minimum atomic E-state index is -0.395. The van der Waals surface area contributed by atoms with E-state index in [1.54, 1.807) is 12.1 Å². The molecule has 0 aromatic heterocycles. The van der Waals surface area contributed by atoms with E-state index in [1.807, 2.05) is 6.07 Å². The van der Waals surface area contributed by atoms with Gasteiger partial charge >= 0.3 is 0 Å². The van der Waals surface area contributed by atoms with Crippen molar-refractivity contribution in [3.63, 3.8) is 0 Å². The summed E-state index contributed by atoms with van der Waals surface area (Å²) in [6, 6.07) is 5.15. The minimum Gasteiger partial charge on any atom is -0.383 e. The summed E-state index contributed by atoms with van der Waals surface area (Å²) in [6.07, 6.45) is 2.13. The average Bonchev–Trinajstić information content (AvgIpc) is 2.29. The summed E-state index contributed by atoms with van der Waals surface area (Å²) in [5, 5.41) is 11.8. The molecule has 92 valence electrons. The van der Waals surface area contributed by atoms with E-state index in [9.17, 15) is 4.39 Å². The molecule has 0 saturated heterocycles. The summed E-state index contributed by atoms with van der Waals surface area (Å²) in [4.78, 5) is 0. The first-order valence-electron chi connectivity index (χ1n) is 5.68. The standard InChI is InChI=1S/C13H16BrFN2/c1-9(2)4-3-7-17-11-6-5-10(8-16)12(14)13(11)15/h5-6,9,17H,3-4,7H2,1-2H3. The molecule has 1 N–H and O–H groups in total. The molecule has 0 radical (unpaired) electrons. The Morgan fingerprint density at radius 2 is 2.18 bits per heavy atom. The van der Waals surface area contributed by atoms with E-state index in [0.29, 0.717) is 17.2 Å². The Bertz CT molecular complexity index is 424. The van der Waals surface area contributed by atoms with Crippen LogP contribution in [-0.2, 0) is 0 Å². The van der Waals surface area contributed by atoms with Gasteiger partial charge in [-0.15, -0.1) is 0 Å². The Balaban J connectivity index is 2.61. The Labute approximate surface area is 110 Å². The zero-order valence-corrected chi connectivity index (χ0v) is 11.6. The van der Waals surface area contributed by atoms with Gasteiger partial charge in [0.15, 0.2) is 5.82 Å². The first-order valence-corrected chi connectivity index (χ1v) is 6.47. The molecule has 0 heterocycles. The third kappa shape index (κ3) is 4.01. The fraction of sp³-hybridized carbons (Fsp3) is 0.462. The second-order valence-corrected chi connectivity index (χ2v) is 5.16. The summed E-state index contributed by atoms with van der Waals surface area (Å²) in [6.45, 7) is 5.07. The Morgan fingerprint density at radius 3 is 2.76 bits per heavy atom. The van der Waals surface area contributed by atoms with Crippen LogP contribution in [-0.4, -0.2) is 6.54 Å². The molecule has 1 aromatic rings. The molecule has 0 aliphatic heterocycles. The third-order valence-electron chi connectivity index (χ3n) is 2.48. The number of hydrogen-bond donors (Lipinski definition) is 1. The molecule has 1 aromatic carbocycles. The fourth-order valence-corrected chi connectivity index (χ4v) is 1.94. The van der Waals surface area contributed by atoms with Crippen molar-refractivity contribution < 1.29 is 4.39 Å². The van der Waals surface area contributed by atoms with Crippen LogP contribution >= 0.6 is 15.9 Å².